The summed E-state index contributed by atoms with van der Waals surface area (Å²) in [6, 6.07) is 3.99. The Morgan fingerprint density at radius 2 is 2.32 bits per heavy atom. The van der Waals surface area contributed by atoms with E-state index in [0.29, 0.717) is 5.92 Å². The van der Waals surface area contributed by atoms with Crippen LogP contribution < -0.4 is 11.3 Å². The van der Waals surface area contributed by atoms with Gasteiger partial charge in [-0.3, -0.25) is 15.3 Å². The molecular weight excluding hydrogens is 308 g/mol. The van der Waals surface area contributed by atoms with Crippen LogP contribution in [0.25, 0.3) is 10.9 Å². The molecular formula is C13H15BrN4O. The number of aromatic amines is 1. The third kappa shape index (κ3) is 1.78. The Balaban J connectivity index is 2.13. The zero-order valence-corrected chi connectivity index (χ0v) is 12.1. The van der Waals surface area contributed by atoms with Crippen LogP contribution in [0.5, 0.6) is 0 Å². The second-order valence-electron chi connectivity index (χ2n) is 5.36. The Morgan fingerprint density at radius 3 is 2.95 bits per heavy atom. The van der Waals surface area contributed by atoms with E-state index in [1.54, 1.807) is 6.20 Å². The Morgan fingerprint density at radius 1 is 1.58 bits per heavy atom. The lowest BCUT2D eigenvalue weighted by atomic mass is 9.58. The Kier molecular flexibility index (Phi) is 2.87. The zero-order valence-electron chi connectivity index (χ0n) is 10.5. The number of hydrogen-bond acceptors (Lipinski definition) is 3. The fourth-order valence-corrected chi connectivity index (χ4v) is 3.67. The summed E-state index contributed by atoms with van der Waals surface area (Å²) in [5.41, 5.74) is 3.71. The van der Waals surface area contributed by atoms with Crippen LogP contribution in [0.15, 0.2) is 22.8 Å². The van der Waals surface area contributed by atoms with Crippen molar-refractivity contribution < 1.29 is 4.79 Å². The van der Waals surface area contributed by atoms with Gasteiger partial charge in [-0.1, -0.05) is 22.9 Å². The standard InChI is InChI=1S/C13H15BrN4O/c1-7-4-13(5-7,12(19)17-15)8-2-10(14)9-6-16-18-11(9)3-8/h2-3,6-7H,4-5,15H2,1H3,(H,16,18)(H,17,19). The summed E-state index contributed by atoms with van der Waals surface area (Å²) in [6.07, 6.45) is 3.41. The molecule has 0 bridgehead atoms. The summed E-state index contributed by atoms with van der Waals surface area (Å²) in [6.45, 7) is 2.14. The average molecular weight is 323 g/mol. The third-order valence-corrected chi connectivity index (χ3v) is 4.68. The van der Waals surface area contributed by atoms with Crippen LogP contribution in [-0.2, 0) is 10.2 Å². The molecule has 1 aromatic heterocycles. The van der Waals surface area contributed by atoms with Gasteiger partial charge in [0.2, 0.25) is 5.91 Å². The average Bonchev–Trinajstić information content (AvgIpc) is 2.82. The fraction of sp³-hybridized carbons (Fsp3) is 0.385. The number of nitrogens with one attached hydrogen (secondary N) is 2. The van der Waals surface area contributed by atoms with Crippen molar-refractivity contribution in [3.05, 3.63) is 28.4 Å². The van der Waals surface area contributed by atoms with E-state index in [4.69, 9.17) is 5.84 Å². The number of nitrogens with zero attached hydrogens (tertiary/aromatic N) is 1. The molecule has 0 radical (unpaired) electrons. The minimum atomic E-state index is -0.504. The number of rotatable bonds is 2. The Bertz CT molecular complexity index is 645. The first-order valence-electron chi connectivity index (χ1n) is 6.21. The second kappa shape index (κ2) is 4.31. The summed E-state index contributed by atoms with van der Waals surface area (Å²) in [7, 11) is 0. The van der Waals surface area contributed by atoms with E-state index in [2.05, 4.69) is 38.5 Å². The molecule has 5 nitrogen and oxygen atoms in total. The van der Waals surface area contributed by atoms with E-state index in [1.165, 1.54) is 0 Å². The first-order valence-corrected chi connectivity index (χ1v) is 7.00. The molecule has 1 aliphatic carbocycles. The van der Waals surface area contributed by atoms with Gasteiger partial charge in [0.15, 0.2) is 0 Å². The van der Waals surface area contributed by atoms with Crippen LogP contribution in [0.3, 0.4) is 0 Å². The normalized spacial score (nSPS) is 26.2. The highest BCUT2D eigenvalue weighted by Crippen LogP contribution is 2.48. The van der Waals surface area contributed by atoms with Crippen molar-refractivity contribution in [3.63, 3.8) is 0 Å². The quantitative estimate of drug-likeness (QED) is 0.449. The molecule has 0 atom stereocenters. The van der Waals surface area contributed by atoms with Crippen molar-refractivity contribution >= 4 is 32.7 Å². The van der Waals surface area contributed by atoms with E-state index >= 15 is 0 Å². The lowest BCUT2D eigenvalue weighted by Gasteiger charge is -2.45. The smallest absolute Gasteiger partial charge is 0.244 e. The largest absolute Gasteiger partial charge is 0.293 e. The molecule has 3 rings (SSSR count). The molecule has 0 spiro atoms. The number of carbonyl (C=O) groups is 1. The van der Waals surface area contributed by atoms with Gasteiger partial charge < -0.3 is 0 Å². The highest BCUT2D eigenvalue weighted by atomic mass is 79.9. The fourth-order valence-electron chi connectivity index (χ4n) is 3.10. The van der Waals surface area contributed by atoms with Crippen molar-refractivity contribution in [1.29, 1.82) is 0 Å². The van der Waals surface area contributed by atoms with Crippen LogP contribution in [0, 0.1) is 5.92 Å². The summed E-state index contributed by atoms with van der Waals surface area (Å²) in [5, 5.41) is 7.99. The van der Waals surface area contributed by atoms with Gasteiger partial charge in [-0.2, -0.15) is 5.10 Å². The molecule has 19 heavy (non-hydrogen) atoms. The van der Waals surface area contributed by atoms with Gasteiger partial charge in [-0.05, 0) is 36.5 Å². The highest BCUT2D eigenvalue weighted by Gasteiger charge is 2.49. The van der Waals surface area contributed by atoms with Gasteiger partial charge in [-0.25, -0.2) is 5.84 Å². The second-order valence-corrected chi connectivity index (χ2v) is 6.21. The maximum Gasteiger partial charge on any atom is 0.244 e. The number of hydrogen-bond donors (Lipinski definition) is 3. The highest BCUT2D eigenvalue weighted by molar-refractivity contribution is 9.10. The van der Waals surface area contributed by atoms with Crippen molar-refractivity contribution in [1.82, 2.24) is 15.6 Å². The maximum atomic E-state index is 12.2. The predicted molar refractivity (Wildman–Crippen MR) is 76.2 cm³/mol. The minimum absolute atomic E-state index is 0.114. The van der Waals surface area contributed by atoms with Crippen LogP contribution >= 0.6 is 15.9 Å². The van der Waals surface area contributed by atoms with Gasteiger partial charge in [-0.15, -0.1) is 0 Å². The lowest BCUT2D eigenvalue weighted by Crippen LogP contribution is -2.54. The van der Waals surface area contributed by atoms with Crippen molar-refractivity contribution in [3.8, 4) is 0 Å². The molecule has 1 heterocycles. The molecule has 1 aromatic carbocycles. The molecule has 4 N–H and O–H groups in total. The van der Waals surface area contributed by atoms with Crippen LogP contribution in [0.4, 0.5) is 0 Å². The van der Waals surface area contributed by atoms with Gasteiger partial charge >= 0.3 is 0 Å². The summed E-state index contributed by atoms with van der Waals surface area (Å²) < 4.78 is 0.942. The monoisotopic (exact) mass is 322 g/mol. The minimum Gasteiger partial charge on any atom is -0.293 e. The van der Waals surface area contributed by atoms with Crippen molar-refractivity contribution in [2.75, 3.05) is 0 Å². The molecule has 0 unspecified atom stereocenters. The molecule has 1 fully saturated rings. The molecule has 1 aliphatic rings. The van der Waals surface area contributed by atoms with E-state index in [9.17, 15) is 4.79 Å². The Labute approximate surface area is 119 Å². The molecule has 100 valence electrons. The summed E-state index contributed by atoms with van der Waals surface area (Å²) >= 11 is 3.54. The van der Waals surface area contributed by atoms with Crippen LogP contribution in [-0.4, -0.2) is 16.1 Å². The van der Waals surface area contributed by atoms with E-state index in [0.717, 1.165) is 33.8 Å². The van der Waals surface area contributed by atoms with E-state index < -0.39 is 5.41 Å². The topological polar surface area (TPSA) is 83.8 Å². The molecule has 0 saturated heterocycles. The number of fused-ring (bicyclic) bond motifs is 1. The number of aromatic nitrogens is 2. The molecule has 1 amide bonds. The van der Waals surface area contributed by atoms with Gasteiger partial charge in [0, 0.05) is 9.86 Å². The van der Waals surface area contributed by atoms with Gasteiger partial charge in [0.1, 0.15) is 0 Å². The number of halogens is 1. The molecule has 1 saturated carbocycles. The SMILES string of the molecule is CC1CC(C(=O)NN)(c2cc(Br)c3cn[nH]c3c2)C1. The predicted octanol–water partition coefficient (Wildman–Crippen LogP) is 1.98. The lowest BCUT2D eigenvalue weighted by molar-refractivity contribution is -0.131. The number of hydrazine groups is 1. The molecule has 6 heteroatoms. The van der Waals surface area contributed by atoms with Crippen LogP contribution in [0.1, 0.15) is 25.3 Å². The van der Waals surface area contributed by atoms with E-state index in [1.807, 2.05) is 12.1 Å². The van der Waals surface area contributed by atoms with Gasteiger partial charge in [0.05, 0.1) is 17.1 Å². The number of H-pyrrole nitrogens is 1. The van der Waals surface area contributed by atoms with E-state index in [-0.39, 0.29) is 5.91 Å². The Hall–Kier alpha value is -1.40. The summed E-state index contributed by atoms with van der Waals surface area (Å²) in [5.74, 6) is 5.77. The zero-order chi connectivity index (χ0) is 13.6. The first-order chi connectivity index (χ1) is 9.06. The number of benzene rings is 1. The molecule has 2 aromatic rings. The van der Waals surface area contributed by atoms with Crippen molar-refractivity contribution in [2.24, 2.45) is 11.8 Å². The first kappa shape index (κ1) is 12.6. The maximum absolute atomic E-state index is 12.2. The van der Waals surface area contributed by atoms with Gasteiger partial charge in [0.25, 0.3) is 0 Å². The third-order valence-electron chi connectivity index (χ3n) is 4.02. The summed E-state index contributed by atoms with van der Waals surface area (Å²) in [4.78, 5) is 12.2. The molecule has 0 aliphatic heterocycles. The number of amides is 1. The number of carbonyl (C=O) groups excluding carboxylic acids is 1. The number of nitrogens with two attached hydrogens (primary N) is 1. The van der Waals surface area contributed by atoms with Crippen LogP contribution in [0.2, 0.25) is 0 Å². The van der Waals surface area contributed by atoms with Crippen molar-refractivity contribution in [2.45, 2.75) is 25.2 Å².